The highest BCUT2D eigenvalue weighted by molar-refractivity contribution is 5.73. The predicted molar refractivity (Wildman–Crippen MR) is 42.9 cm³/mol. The molecule has 5 nitrogen and oxygen atoms in total. The Morgan fingerprint density at radius 2 is 2.00 bits per heavy atom. The SMILES string of the molecule is O=Cc1cnc(-c2ncco2)nc1. The van der Waals surface area contributed by atoms with Gasteiger partial charge in [-0.25, -0.2) is 15.0 Å². The summed E-state index contributed by atoms with van der Waals surface area (Å²) >= 11 is 0. The summed E-state index contributed by atoms with van der Waals surface area (Å²) in [5, 5.41) is 0. The molecule has 64 valence electrons. The fourth-order valence-corrected chi connectivity index (χ4v) is 0.843. The van der Waals surface area contributed by atoms with E-state index in [0.717, 1.165) is 0 Å². The van der Waals surface area contributed by atoms with E-state index in [-0.39, 0.29) is 0 Å². The van der Waals surface area contributed by atoms with Gasteiger partial charge in [0.25, 0.3) is 5.89 Å². The molecular formula is C8H5N3O2. The van der Waals surface area contributed by atoms with Crippen LogP contribution in [0.2, 0.25) is 0 Å². The third-order valence-corrected chi connectivity index (χ3v) is 1.43. The van der Waals surface area contributed by atoms with Crippen LogP contribution in [0.25, 0.3) is 11.7 Å². The van der Waals surface area contributed by atoms with Crippen molar-refractivity contribution >= 4 is 6.29 Å². The molecule has 13 heavy (non-hydrogen) atoms. The number of nitrogens with zero attached hydrogens (tertiary/aromatic N) is 3. The largest absolute Gasteiger partial charge is 0.442 e. The zero-order valence-corrected chi connectivity index (χ0v) is 6.54. The number of oxazole rings is 1. The number of hydrogen-bond donors (Lipinski definition) is 0. The van der Waals surface area contributed by atoms with Gasteiger partial charge in [0.1, 0.15) is 6.26 Å². The number of aldehydes is 1. The Labute approximate surface area is 73.5 Å². The smallest absolute Gasteiger partial charge is 0.264 e. The first-order valence-corrected chi connectivity index (χ1v) is 3.57. The van der Waals surface area contributed by atoms with Crippen LogP contribution in [0.15, 0.2) is 29.3 Å². The summed E-state index contributed by atoms with van der Waals surface area (Å²) in [7, 11) is 0. The van der Waals surface area contributed by atoms with Gasteiger partial charge in [-0.2, -0.15) is 0 Å². The number of aromatic nitrogens is 3. The quantitative estimate of drug-likeness (QED) is 0.635. The van der Waals surface area contributed by atoms with Crippen LogP contribution in [-0.2, 0) is 0 Å². The molecule has 0 atom stereocenters. The molecule has 0 N–H and O–H groups in total. The van der Waals surface area contributed by atoms with Gasteiger partial charge in [0.2, 0.25) is 5.82 Å². The van der Waals surface area contributed by atoms with E-state index in [0.29, 0.717) is 23.6 Å². The Hall–Kier alpha value is -2.04. The third-order valence-electron chi connectivity index (χ3n) is 1.43. The maximum atomic E-state index is 10.3. The van der Waals surface area contributed by atoms with Gasteiger partial charge in [-0.05, 0) is 0 Å². The van der Waals surface area contributed by atoms with Crippen molar-refractivity contribution in [2.24, 2.45) is 0 Å². The molecule has 0 aliphatic rings. The van der Waals surface area contributed by atoms with Gasteiger partial charge in [-0.15, -0.1) is 0 Å². The average molecular weight is 175 g/mol. The highest BCUT2D eigenvalue weighted by atomic mass is 16.3. The van der Waals surface area contributed by atoms with E-state index >= 15 is 0 Å². The molecule has 0 fully saturated rings. The lowest BCUT2D eigenvalue weighted by atomic mass is 10.4. The second-order valence-corrected chi connectivity index (χ2v) is 2.30. The Morgan fingerprint density at radius 3 is 2.54 bits per heavy atom. The normalized spacial score (nSPS) is 9.85. The van der Waals surface area contributed by atoms with Gasteiger partial charge >= 0.3 is 0 Å². The first kappa shape index (κ1) is 7.60. The van der Waals surface area contributed by atoms with Gasteiger partial charge in [-0.1, -0.05) is 0 Å². The van der Waals surface area contributed by atoms with Crippen LogP contribution in [-0.4, -0.2) is 21.2 Å². The first-order chi connectivity index (χ1) is 6.40. The van der Waals surface area contributed by atoms with Crippen LogP contribution < -0.4 is 0 Å². The fraction of sp³-hybridized carbons (Fsp3) is 0. The molecule has 2 aromatic rings. The molecular weight excluding hydrogens is 170 g/mol. The highest BCUT2D eigenvalue weighted by Gasteiger charge is 2.04. The number of hydrogen-bond acceptors (Lipinski definition) is 5. The summed E-state index contributed by atoms with van der Waals surface area (Å²) in [6.07, 6.45) is 6.46. The topological polar surface area (TPSA) is 68.9 Å². The van der Waals surface area contributed by atoms with Crippen molar-refractivity contribution in [3.05, 3.63) is 30.4 Å². The minimum atomic E-state index is 0.345. The number of carbonyl (C=O) groups is 1. The molecule has 0 aromatic carbocycles. The lowest BCUT2D eigenvalue weighted by molar-refractivity contribution is 0.112. The van der Waals surface area contributed by atoms with E-state index in [1.807, 2.05) is 0 Å². The van der Waals surface area contributed by atoms with E-state index in [9.17, 15) is 4.79 Å². The van der Waals surface area contributed by atoms with Crippen LogP contribution in [0.5, 0.6) is 0 Å². The predicted octanol–water partition coefficient (Wildman–Crippen LogP) is 0.944. The molecule has 0 aliphatic heterocycles. The minimum Gasteiger partial charge on any atom is -0.442 e. The number of rotatable bonds is 2. The maximum Gasteiger partial charge on any atom is 0.264 e. The average Bonchev–Trinajstić information content (AvgIpc) is 2.71. The molecule has 0 saturated heterocycles. The molecule has 0 aliphatic carbocycles. The van der Waals surface area contributed by atoms with Crippen molar-refractivity contribution in [1.82, 2.24) is 15.0 Å². The van der Waals surface area contributed by atoms with E-state index in [4.69, 9.17) is 4.42 Å². The Morgan fingerprint density at radius 1 is 1.23 bits per heavy atom. The molecule has 0 spiro atoms. The van der Waals surface area contributed by atoms with Crippen molar-refractivity contribution in [3.63, 3.8) is 0 Å². The summed E-state index contributed by atoms with van der Waals surface area (Å²) in [4.78, 5) is 21.9. The van der Waals surface area contributed by atoms with Crippen LogP contribution in [0.3, 0.4) is 0 Å². The summed E-state index contributed by atoms with van der Waals surface area (Å²) in [6, 6.07) is 0. The lowest BCUT2D eigenvalue weighted by Crippen LogP contribution is -1.90. The Bertz CT molecular complexity index is 394. The molecule has 0 radical (unpaired) electrons. The fourth-order valence-electron chi connectivity index (χ4n) is 0.843. The second-order valence-electron chi connectivity index (χ2n) is 2.30. The van der Waals surface area contributed by atoms with Crippen molar-refractivity contribution < 1.29 is 9.21 Å². The molecule has 5 heteroatoms. The van der Waals surface area contributed by atoms with Crippen molar-refractivity contribution in [2.45, 2.75) is 0 Å². The van der Waals surface area contributed by atoms with Gasteiger partial charge < -0.3 is 4.42 Å². The van der Waals surface area contributed by atoms with Gasteiger partial charge in [0.15, 0.2) is 6.29 Å². The molecule has 0 amide bonds. The van der Waals surface area contributed by atoms with E-state index in [1.54, 1.807) is 0 Å². The third kappa shape index (κ3) is 1.44. The molecule has 0 saturated carbocycles. The van der Waals surface area contributed by atoms with E-state index < -0.39 is 0 Å². The zero-order chi connectivity index (χ0) is 9.10. The molecule has 2 aromatic heterocycles. The van der Waals surface area contributed by atoms with Gasteiger partial charge in [0, 0.05) is 12.4 Å². The van der Waals surface area contributed by atoms with E-state index in [2.05, 4.69) is 15.0 Å². The zero-order valence-electron chi connectivity index (χ0n) is 6.54. The Kier molecular flexibility index (Phi) is 1.84. The molecule has 0 bridgehead atoms. The first-order valence-electron chi connectivity index (χ1n) is 3.57. The summed E-state index contributed by atoms with van der Waals surface area (Å²) < 4.78 is 4.97. The summed E-state index contributed by atoms with van der Waals surface area (Å²) in [5.74, 6) is 0.716. The van der Waals surface area contributed by atoms with Crippen molar-refractivity contribution in [1.29, 1.82) is 0 Å². The van der Waals surface area contributed by atoms with Crippen molar-refractivity contribution in [3.8, 4) is 11.7 Å². The van der Waals surface area contributed by atoms with Gasteiger partial charge in [0.05, 0.1) is 11.8 Å². The molecule has 0 unspecified atom stereocenters. The number of carbonyl (C=O) groups excluding carboxylic acids is 1. The minimum absolute atomic E-state index is 0.345. The monoisotopic (exact) mass is 175 g/mol. The standard InChI is InChI=1S/C8H5N3O2/c12-5-6-3-10-7(11-4-6)8-9-1-2-13-8/h1-5H. The second kappa shape index (κ2) is 3.14. The van der Waals surface area contributed by atoms with Gasteiger partial charge in [-0.3, -0.25) is 4.79 Å². The maximum absolute atomic E-state index is 10.3. The molecule has 2 rings (SSSR count). The van der Waals surface area contributed by atoms with Crippen LogP contribution in [0.4, 0.5) is 0 Å². The molecule has 2 heterocycles. The van der Waals surface area contributed by atoms with E-state index in [1.165, 1.54) is 24.9 Å². The lowest BCUT2D eigenvalue weighted by Gasteiger charge is -1.92. The van der Waals surface area contributed by atoms with Crippen LogP contribution in [0, 0.1) is 0 Å². The van der Waals surface area contributed by atoms with Crippen LogP contribution in [0.1, 0.15) is 10.4 Å². The summed E-state index contributed by atoms with van der Waals surface area (Å²) in [5.41, 5.74) is 0.426. The van der Waals surface area contributed by atoms with Crippen molar-refractivity contribution in [2.75, 3.05) is 0 Å². The van der Waals surface area contributed by atoms with Crippen LogP contribution >= 0.6 is 0 Å². The Balaban J connectivity index is 2.38. The highest BCUT2D eigenvalue weighted by Crippen LogP contribution is 2.09. The summed E-state index contributed by atoms with van der Waals surface area (Å²) in [6.45, 7) is 0.